The Bertz CT molecular complexity index is 1500. The van der Waals surface area contributed by atoms with Crippen LogP contribution in [0, 0.1) is 0 Å². The molecule has 3 N–H and O–H groups in total. The van der Waals surface area contributed by atoms with Crippen LogP contribution in [0.2, 0.25) is 0 Å². The van der Waals surface area contributed by atoms with E-state index >= 15 is 0 Å². The van der Waals surface area contributed by atoms with E-state index in [-0.39, 0.29) is 12.5 Å². The summed E-state index contributed by atoms with van der Waals surface area (Å²) in [5.74, 6) is 3.11. The number of rotatable bonds is 12. The van der Waals surface area contributed by atoms with Crippen molar-refractivity contribution in [3.05, 3.63) is 60.6 Å². The molecule has 1 atom stereocenters. The van der Waals surface area contributed by atoms with Crippen molar-refractivity contribution in [2.45, 2.75) is 26.0 Å². The standard InChI is InChI=1S/C31H38N6O6/c1-20(2)32-18-22(38)19-43-23-9-7-21(8-10-23)33-29-24-16-27(40-3)28(41-4)17-25(24)34-31(35-29)37-13-11-36(12-14-37)30(39)26-6-5-15-42-26/h5-10,15-17,20,22,32,38H,11-14,18-19H2,1-4H3,(H,33,34,35)/t22-/m1/s1. The average molecular weight is 591 g/mol. The van der Waals surface area contributed by atoms with Gasteiger partial charge in [0.2, 0.25) is 5.95 Å². The Morgan fingerprint density at radius 1 is 1.02 bits per heavy atom. The van der Waals surface area contributed by atoms with Crippen LogP contribution in [0.4, 0.5) is 17.5 Å². The van der Waals surface area contributed by atoms with Gasteiger partial charge in [0.25, 0.3) is 5.91 Å². The number of nitrogens with one attached hydrogen (secondary N) is 2. The number of aliphatic hydroxyl groups excluding tert-OH is 1. The van der Waals surface area contributed by atoms with E-state index in [9.17, 15) is 9.90 Å². The highest BCUT2D eigenvalue weighted by Gasteiger charge is 2.26. The number of benzene rings is 2. The monoisotopic (exact) mass is 590 g/mol. The Labute approximate surface area is 250 Å². The van der Waals surface area contributed by atoms with Crippen molar-refractivity contribution in [3.8, 4) is 17.2 Å². The van der Waals surface area contributed by atoms with Crippen molar-refractivity contribution in [1.29, 1.82) is 0 Å². The third-order valence-corrected chi connectivity index (χ3v) is 7.09. The predicted molar refractivity (Wildman–Crippen MR) is 164 cm³/mol. The molecule has 12 nitrogen and oxygen atoms in total. The number of aromatic nitrogens is 2. The maximum atomic E-state index is 12.7. The molecule has 1 aliphatic rings. The van der Waals surface area contributed by atoms with Crippen LogP contribution in [0.15, 0.2) is 59.2 Å². The van der Waals surface area contributed by atoms with Gasteiger partial charge in [-0.2, -0.15) is 4.98 Å². The molecule has 12 heteroatoms. The molecule has 1 amide bonds. The third kappa shape index (κ3) is 7.27. The second-order valence-electron chi connectivity index (χ2n) is 10.5. The number of ether oxygens (including phenoxy) is 3. The highest BCUT2D eigenvalue weighted by atomic mass is 16.5. The molecular formula is C31H38N6O6. The SMILES string of the molecule is COc1cc2nc(N3CCN(C(=O)c4ccco4)CC3)nc(Nc3ccc(OC[C@H](O)CNC(C)C)cc3)c2cc1OC. The van der Waals surface area contributed by atoms with Crippen LogP contribution in [-0.4, -0.2) is 91.6 Å². The van der Waals surface area contributed by atoms with Gasteiger partial charge in [-0.25, -0.2) is 4.98 Å². The van der Waals surface area contributed by atoms with E-state index in [2.05, 4.69) is 15.5 Å². The molecule has 0 unspecified atom stereocenters. The number of amides is 1. The van der Waals surface area contributed by atoms with E-state index in [4.69, 9.17) is 28.6 Å². The molecule has 0 saturated carbocycles. The van der Waals surface area contributed by atoms with E-state index in [1.54, 1.807) is 31.3 Å². The van der Waals surface area contributed by atoms with E-state index in [1.165, 1.54) is 6.26 Å². The average Bonchev–Trinajstić information content (AvgIpc) is 3.57. The number of nitrogens with zero attached hydrogens (tertiary/aromatic N) is 4. The lowest BCUT2D eigenvalue weighted by Gasteiger charge is -2.34. The summed E-state index contributed by atoms with van der Waals surface area (Å²) in [6.45, 7) is 6.87. The highest BCUT2D eigenvalue weighted by molar-refractivity contribution is 5.94. The summed E-state index contributed by atoms with van der Waals surface area (Å²) in [6.07, 6.45) is 0.894. The van der Waals surface area contributed by atoms with Gasteiger partial charge in [-0.05, 0) is 42.5 Å². The number of anilines is 3. The van der Waals surface area contributed by atoms with Gasteiger partial charge in [0.1, 0.15) is 24.3 Å². The summed E-state index contributed by atoms with van der Waals surface area (Å²) < 4.78 is 22.1. The van der Waals surface area contributed by atoms with Crippen LogP contribution < -0.4 is 29.7 Å². The fraction of sp³-hybridized carbons (Fsp3) is 0.387. The van der Waals surface area contributed by atoms with Gasteiger partial charge < -0.3 is 44.2 Å². The van der Waals surface area contributed by atoms with Crippen LogP contribution in [0.5, 0.6) is 17.2 Å². The molecule has 0 spiro atoms. The third-order valence-electron chi connectivity index (χ3n) is 7.09. The lowest BCUT2D eigenvalue weighted by Crippen LogP contribution is -2.49. The lowest BCUT2D eigenvalue weighted by atomic mass is 10.2. The molecule has 5 rings (SSSR count). The molecule has 1 fully saturated rings. The van der Waals surface area contributed by atoms with Crippen LogP contribution >= 0.6 is 0 Å². The molecule has 3 heterocycles. The van der Waals surface area contributed by atoms with Crippen LogP contribution in [-0.2, 0) is 0 Å². The Balaban J connectivity index is 1.35. The number of hydrogen-bond donors (Lipinski definition) is 3. The molecule has 228 valence electrons. The first-order valence-electron chi connectivity index (χ1n) is 14.3. The Morgan fingerprint density at radius 2 is 1.74 bits per heavy atom. The fourth-order valence-corrected chi connectivity index (χ4v) is 4.74. The molecule has 0 aliphatic carbocycles. The van der Waals surface area contributed by atoms with Crippen molar-refractivity contribution >= 4 is 34.3 Å². The molecule has 43 heavy (non-hydrogen) atoms. The van der Waals surface area contributed by atoms with Gasteiger partial charge in [-0.1, -0.05) is 13.8 Å². The minimum atomic E-state index is -0.608. The maximum Gasteiger partial charge on any atom is 0.289 e. The van der Waals surface area contributed by atoms with E-state index in [0.717, 1.165) is 11.1 Å². The molecule has 1 aliphatic heterocycles. The number of fused-ring (bicyclic) bond motifs is 1. The van der Waals surface area contributed by atoms with Crippen molar-refractivity contribution in [1.82, 2.24) is 20.2 Å². The summed E-state index contributed by atoms with van der Waals surface area (Å²) >= 11 is 0. The zero-order valence-electron chi connectivity index (χ0n) is 24.9. The summed E-state index contributed by atoms with van der Waals surface area (Å²) in [6, 6.07) is 14.8. The summed E-state index contributed by atoms with van der Waals surface area (Å²) in [5, 5.41) is 17.5. The molecule has 4 aromatic rings. The highest BCUT2D eigenvalue weighted by Crippen LogP contribution is 2.36. The number of furan rings is 1. The van der Waals surface area contributed by atoms with Crippen LogP contribution in [0.25, 0.3) is 10.9 Å². The second-order valence-corrected chi connectivity index (χ2v) is 10.5. The van der Waals surface area contributed by atoms with Crippen molar-refractivity contribution in [3.63, 3.8) is 0 Å². The lowest BCUT2D eigenvalue weighted by molar-refractivity contribution is 0.0714. The van der Waals surface area contributed by atoms with Crippen molar-refractivity contribution in [2.24, 2.45) is 0 Å². The van der Waals surface area contributed by atoms with E-state index < -0.39 is 6.10 Å². The zero-order valence-corrected chi connectivity index (χ0v) is 24.9. The Morgan fingerprint density at radius 3 is 2.40 bits per heavy atom. The van der Waals surface area contributed by atoms with Crippen molar-refractivity contribution < 1.29 is 28.5 Å². The maximum absolute atomic E-state index is 12.7. The zero-order chi connectivity index (χ0) is 30.3. The Hall–Kier alpha value is -4.55. The van der Waals surface area contributed by atoms with Gasteiger partial charge >= 0.3 is 0 Å². The number of methoxy groups -OCH3 is 2. The molecular weight excluding hydrogens is 552 g/mol. The van der Waals surface area contributed by atoms with Crippen LogP contribution in [0.1, 0.15) is 24.4 Å². The predicted octanol–water partition coefficient (Wildman–Crippen LogP) is 3.68. The molecule has 0 radical (unpaired) electrons. The minimum Gasteiger partial charge on any atom is -0.493 e. The smallest absolute Gasteiger partial charge is 0.289 e. The quantitative estimate of drug-likeness (QED) is 0.223. The van der Waals surface area contributed by atoms with E-state index in [1.807, 2.05) is 50.2 Å². The summed E-state index contributed by atoms with van der Waals surface area (Å²) in [7, 11) is 3.17. The first-order chi connectivity index (χ1) is 20.8. The van der Waals surface area contributed by atoms with Crippen molar-refractivity contribution in [2.75, 3.05) is 63.8 Å². The number of piperazine rings is 1. The Kier molecular flexibility index (Phi) is 9.48. The second kappa shape index (κ2) is 13.6. The first kappa shape index (κ1) is 29.9. The summed E-state index contributed by atoms with van der Waals surface area (Å²) in [4.78, 5) is 26.3. The molecule has 1 saturated heterocycles. The van der Waals surface area contributed by atoms with Gasteiger partial charge in [0.15, 0.2) is 17.3 Å². The molecule has 2 aromatic carbocycles. The molecule has 2 aromatic heterocycles. The van der Waals surface area contributed by atoms with Gasteiger partial charge in [0, 0.05) is 55.9 Å². The number of carbonyl (C=O) groups is 1. The fourth-order valence-electron chi connectivity index (χ4n) is 4.74. The number of hydrogen-bond acceptors (Lipinski definition) is 11. The van der Waals surface area contributed by atoms with Gasteiger partial charge in [-0.3, -0.25) is 4.79 Å². The number of aliphatic hydroxyl groups is 1. The number of carbonyl (C=O) groups excluding carboxylic acids is 1. The summed E-state index contributed by atoms with van der Waals surface area (Å²) in [5.41, 5.74) is 1.48. The largest absolute Gasteiger partial charge is 0.493 e. The van der Waals surface area contributed by atoms with Crippen LogP contribution in [0.3, 0.4) is 0 Å². The minimum absolute atomic E-state index is 0.127. The van der Waals surface area contributed by atoms with Gasteiger partial charge in [-0.15, -0.1) is 0 Å². The topological polar surface area (TPSA) is 134 Å². The van der Waals surface area contributed by atoms with E-state index in [0.29, 0.717) is 79.1 Å². The molecule has 0 bridgehead atoms. The normalized spacial score (nSPS) is 14.2. The van der Waals surface area contributed by atoms with Gasteiger partial charge in [0.05, 0.1) is 26.0 Å². The first-order valence-corrected chi connectivity index (χ1v) is 14.3.